The topological polar surface area (TPSA) is 30.2 Å². The van der Waals surface area contributed by atoms with E-state index in [0.717, 1.165) is 0 Å². The average Bonchev–Trinajstić information content (AvgIpc) is 2.33. The quantitative estimate of drug-likeness (QED) is 0.540. The summed E-state index contributed by atoms with van der Waals surface area (Å²) in [6.45, 7) is 3.52. The Labute approximate surface area is 81.0 Å². The minimum absolute atomic E-state index is 0.213. The largest absolute Gasteiger partial charge is 0.230 e. The number of nitrogens with zero attached hydrogens (tertiary/aromatic N) is 3. The van der Waals surface area contributed by atoms with Crippen LogP contribution in [-0.4, -0.2) is 15.0 Å². The maximum absolute atomic E-state index is 5.82. The molecule has 0 aliphatic carbocycles. The predicted molar refractivity (Wildman–Crippen MR) is 51.4 cm³/mol. The van der Waals surface area contributed by atoms with Gasteiger partial charge in [-0.15, -0.1) is 0 Å². The summed E-state index contributed by atoms with van der Waals surface area (Å²) in [6, 6.07) is 1.75. The Morgan fingerprint density at radius 1 is 1.75 bits per heavy atom. The molecule has 0 saturated carbocycles. The van der Waals surface area contributed by atoms with E-state index in [1.807, 2.05) is 6.92 Å². The molecule has 1 aromatic rings. The highest BCUT2D eigenvalue weighted by atomic mass is 35.5. The number of aromatic nitrogens is 2. The van der Waals surface area contributed by atoms with Crippen molar-refractivity contribution in [2.24, 2.45) is 4.99 Å². The molecule has 0 amide bonds. The van der Waals surface area contributed by atoms with Gasteiger partial charge in [0.15, 0.2) is 5.82 Å². The zero-order valence-corrected chi connectivity index (χ0v) is 8.34. The SMILES string of the molecule is CC(Cl)=Nc1ccnn1C(C)Cl. The fourth-order valence-corrected chi connectivity index (χ4v) is 1.06. The Bertz CT molecular complexity index is 287. The normalized spacial score (nSPS) is 14.8. The van der Waals surface area contributed by atoms with E-state index in [2.05, 4.69) is 10.1 Å². The van der Waals surface area contributed by atoms with Gasteiger partial charge in [0.1, 0.15) is 10.7 Å². The lowest BCUT2D eigenvalue weighted by Gasteiger charge is -2.04. The summed E-state index contributed by atoms with van der Waals surface area (Å²) in [4.78, 5) is 4.04. The molecule has 0 radical (unpaired) electrons. The van der Waals surface area contributed by atoms with Crippen LogP contribution >= 0.6 is 23.2 Å². The van der Waals surface area contributed by atoms with Crippen LogP contribution in [0.3, 0.4) is 0 Å². The van der Waals surface area contributed by atoms with Crippen molar-refractivity contribution in [3.8, 4) is 0 Å². The lowest BCUT2D eigenvalue weighted by atomic mass is 10.6. The molecule has 66 valence electrons. The van der Waals surface area contributed by atoms with Crippen LogP contribution in [0.2, 0.25) is 0 Å². The Hall–Kier alpha value is -0.540. The second-order valence-electron chi connectivity index (χ2n) is 2.32. The molecule has 0 saturated heterocycles. The maximum atomic E-state index is 5.82. The number of aliphatic imine (C=N–C) groups is 1. The van der Waals surface area contributed by atoms with Crippen LogP contribution in [-0.2, 0) is 0 Å². The minimum atomic E-state index is -0.213. The summed E-state index contributed by atoms with van der Waals surface area (Å²) >= 11 is 11.4. The van der Waals surface area contributed by atoms with Crippen molar-refractivity contribution in [2.45, 2.75) is 19.3 Å². The number of hydrogen-bond acceptors (Lipinski definition) is 2. The molecular weight excluding hydrogens is 197 g/mol. The molecule has 1 aromatic heterocycles. The molecule has 1 unspecified atom stereocenters. The van der Waals surface area contributed by atoms with Crippen molar-refractivity contribution in [1.29, 1.82) is 0 Å². The average molecular weight is 206 g/mol. The van der Waals surface area contributed by atoms with Gasteiger partial charge in [-0.05, 0) is 13.8 Å². The minimum Gasteiger partial charge on any atom is -0.230 e. The molecule has 0 aromatic carbocycles. The van der Waals surface area contributed by atoms with Gasteiger partial charge in [0, 0.05) is 6.07 Å². The van der Waals surface area contributed by atoms with Crippen LogP contribution in [0.25, 0.3) is 0 Å². The van der Waals surface area contributed by atoms with E-state index in [4.69, 9.17) is 23.2 Å². The molecule has 1 heterocycles. The fraction of sp³-hybridized carbons (Fsp3) is 0.429. The lowest BCUT2D eigenvalue weighted by Crippen LogP contribution is -1.99. The molecular formula is C7H9Cl2N3. The van der Waals surface area contributed by atoms with Crippen molar-refractivity contribution in [1.82, 2.24) is 9.78 Å². The van der Waals surface area contributed by atoms with Gasteiger partial charge < -0.3 is 0 Å². The van der Waals surface area contributed by atoms with Gasteiger partial charge in [-0.2, -0.15) is 5.10 Å². The van der Waals surface area contributed by atoms with Gasteiger partial charge in [0.05, 0.1) is 6.20 Å². The van der Waals surface area contributed by atoms with Crippen molar-refractivity contribution < 1.29 is 0 Å². The first kappa shape index (κ1) is 9.55. The molecule has 0 N–H and O–H groups in total. The van der Waals surface area contributed by atoms with Crippen molar-refractivity contribution in [3.63, 3.8) is 0 Å². The first-order chi connectivity index (χ1) is 5.61. The summed E-state index contributed by atoms with van der Waals surface area (Å²) in [5.74, 6) is 0.671. The molecule has 1 rings (SSSR count). The van der Waals surface area contributed by atoms with E-state index in [-0.39, 0.29) is 5.50 Å². The molecule has 12 heavy (non-hydrogen) atoms. The van der Waals surface area contributed by atoms with Gasteiger partial charge >= 0.3 is 0 Å². The van der Waals surface area contributed by atoms with Crippen LogP contribution in [0.4, 0.5) is 5.82 Å². The zero-order chi connectivity index (χ0) is 9.14. The molecule has 0 fully saturated rings. The van der Waals surface area contributed by atoms with Gasteiger partial charge in [-0.1, -0.05) is 23.2 Å². The molecule has 1 atom stereocenters. The molecule has 0 aliphatic rings. The van der Waals surface area contributed by atoms with Crippen LogP contribution < -0.4 is 0 Å². The van der Waals surface area contributed by atoms with E-state index < -0.39 is 0 Å². The monoisotopic (exact) mass is 205 g/mol. The van der Waals surface area contributed by atoms with Gasteiger partial charge in [-0.25, -0.2) is 9.67 Å². The Morgan fingerprint density at radius 2 is 2.42 bits per heavy atom. The van der Waals surface area contributed by atoms with E-state index in [9.17, 15) is 0 Å². The molecule has 0 bridgehead atoms. The summed E-state index contributed by atoms with van der Waals surface area (Å²) < 4.78 is 1.59. The number of halogens is 2. The number of hydrogen-bond donors (Lipinski definition) is 0. The Kier molecular flexibility index (Phi) is 3.12. The molecule has 3 nitrogen and oxygen atoms in total. The molecule has 0 spiro atoms. The number of rotatable bonds is 2. The smallest absolute Gasteiger partial charge is 0.153 e. The zero-order valence-electron chi connectivity index (χ0n) is 6.83. The van der Waals surface area contributed by atoms with Gasteiger partial charge in [-0.3, -0.25) is 0 Å². The fourth-order valence-electron chi connectivity index (χ4n) is 0.828. The van der Waals surface area contributed by atoms with Crippen molar-refractivity contribution in [2.75, 3.05) is 0 Å². The second-order valence-corrected chi connectivity index (χ2v) is 3.50. The first-order valence-corrected chi connectivity index (χ1v) is 4.31. The second kappa shape index (κ2) is 3.92. The summed E-state index contributed by atoms with van der Waals surface area (Å²) in [5.41, 5.74) is -0.213. The third-order valence-corrected chi connectivity index (χ3v) is 1.52. The maximum Gasteiger partial charge on any atom is 0.153 e. The Morgan fingerprint density at radius 3 is 2.92 bits per heavy atom. The van der Waals surface area contributed by atoms with Gasteiger partial charge in [0.2, 0.25) is 0 Å². The van der Waals surface area contributed by atoms with Crippen molar-refractivity contribution in [3.05, 3.63) is 12.3 Å². The van der Waals surface area contributed by atoms with Crippen molar-refractivity contribution >= 4 is 34.2 Å². The van der Waals surface area contributed by atoms with E-state index in [1.165, 1.54) is 0 Å². The predicted octanol–water partition coefficient (Wildman–Crippen LogP) is 2.93. The van der Waals surface area contributed by atoms with Crippen LogP contribution in [0.1, 0.15) is 19.3 Å². The standard InChI is InChI=1S/C7H9Cl2N3/c1-5(8)11-7-3-4-10-12(7)6(2)9/h3-4,6H,1-2H3. The number of alkyl halides is 1. The van der Waals surface area contributed by atoms with Crippen LogP contribution in [0.15, 0.2) is 17.3 Å². The van der Waals surface area contributed by atoms with Gasteiger partial charge in [0.25, 0.3) is 0 Å². The van der Waals surface area contributed by atoms with Crippen LogP contribution in [0.5, 0.6) is 0 Å². The molecule has 5 heteroatoms. The van der Waals surface area contributed by atoms with E-state index in [0.29, 0.717) is 11.0 Å². The first-order valence-electron chi connectivity index (χ1n) is 3.49. The summed E-state index contributed by atoms with van der Waals surface area (Å²) in [5, 5.41) is 4.45. The third-order valence-electron chi connectivity index (χ3n) is 1.26. The van der Waals surface area contributed by atoms with Crippen LogP contribution in [0, 0.1) is 0 Å². The summed E-state index contributed by atoms with van der Waals surface area (Å²) in [6.07, 6.45) is 1.64. The Balaban J connectivity index is 3.00. The highest BCUT2D eigenvalue weighted by molar-refractivity contribution is 6.65. The highest BCUT2D eigenvalue weighted by Gasteiger charge is 2.05. The highest BCUT2D eigenvalue weighted by Crippen LogP contribution is 2.19. The van der Waals surface area contributed by atoms with E-state index in [1.54, 1.807) is 23.9 Å². The van der Waals surface area contributed by atoms with E-state index >= 15 is 0 Å². The third kappa shape index (κ3) is 2.22. The lowest BCUT2D eigenvalue weighted by molar-refractivity contribution is 0.638. The summed E-state index contributed by atoms with van der Waals surface area (Å²) in [7, 11) is 0. The molecule has 0 aliphatic heterocycles.